The monoisotopic (exact) mass is 215 g/mol. The second kappa shape index (κ2) is 7.77. The summed E-state index contributed by atoms with van der Waals surface area (Å²) in [5.74, 6) is 0. The number of nitriles is 1. The number of nitrogens with two attached hydrogens (primary N) is 1. The van der Waals surface area contributed by atoms with Gasteiger partial charge in [-0.3, -0.25) is 0 Å². The van der Waals surface area contributed by atoms with Crippen molar-refractivity contribution in [1.82, 2.24) is 0 Å². The second-order valence-electron chi connectivity index (χ2n) is 2.58. The van der Waals surface area contributed by atoms with E-state index in [1.54, 1.807) is 0 Å². The van der Waals surface area contributed by atoms with Gasteiger partial charge in [-0.25, -0.2) is 0 Å². The average molecular weight is 215 g/mol. The topological polar surface area (TPSA) is 61.8 Å². The molecular formula is C9H10N3NaS. The van der Waals surface area contributed by atoms with Crippen molar-refractivity contribution in [3.05, 3.63) is 29.8 Å². The number of aryl methyl sites for hydroxylation is 1. The third kappa shape index (κ3) is 6.87. The molecule has 1 aromatic rings. The van der Waals surface area contributed by atoms with Crippen LogP contribution in [-0.4, -0.2) is 33.0 Å². The van der Waals surface area contributed by atoms with Gasteiger partial charge in [0.1, 0.15) is 0 Å². The van der Waals surface area contributed by atoms with Gasteiger partial charge in [-0.1, -0.05) is 17.7 Å². The van der Waals surface area contributed by atoms with E-state index in [4.69, 9.17) is 11.0 Å². The van der Waals surface area contributed by atoms with Gasteiger partial charge < -0.3 is 11.1 Å². The first-order valence-corrected chi connectivity index (χ1v) is 5.45. The van der Waals surface area contributed by atoms with E-state index in [0.717, 1.165) is 5.69 Å². The number of hydrogen-bond donors (Lipinski definition) is 2. The minimum absolute atomic E-state index is 0.300. The Labute approximate surface area is 107 Å². The van der Waals surface area contributed by atoms with Crippen LogP contribution < -0.4 is 11.1 Å². The zero-order valence-corrected chi connectivity index (χ0v) is 11.1. The molecule has 0 aliphatic rings. The van der Waals surface area contributed by atoms with Crippen LogP contribution in [0.15, 0.2) is 24.3 Å². The number of nitrogens with one attached hydrogen (secondary N) is 1. The maximum absolute atomic E-state index is 7.38. The summed E-state index contributed by atoms with van der Waals surface area (Å²) in [5, 5.41) is 10.5. The molecule has 68 valence electrons. The standard InChI is InChI=1S/C8H10N2S.CN.Na/c1-6-2-4-7(5-3-6)10-8(9)11;1-2;/h2-5H,1H3,(H3,9,10,11);;. The minimum atomic E-state index is 0.300. The Hall–Kier alpha value is -0.600. The Morgan fingerprint density at radius 2 is 1.93 bits per heavy atom. The Balaban J connectivity index is 0.000000500. The van der Waals surface area contributed by atoms with E-state index in [1.165, 1.54) is 5.56 Å². The molecule has 0 heterocycles. The van der Waals surface area contributed by atoms with Crippen LogP contribution in [0.4, 0.5) is 5.69 Å². The zero-order valence-electron chi connectivity index (χ0n) is 8.24. The van der Waals surface area contributed by atoms with E-state index >= 15 is 0 Å². The molecule has 1 rings (SSSR count). The van der Waals surface area contributed by atoms with E-state index in [-0.39, 0.29) is 0 Å². The van der Waals surface area contributed by atoms with Gasteiger partial charge in [0.2, 0.25) is 0 Å². The molecule has 0 spiro atoms. The van der Waals surface area contributed by atoms with Crippen LogP contribution in [0.1, 0.15) is 5.56 Å². The van der Waals surface area contributed by atoms with E-state index in [2.05, 4.69) is 17.5 Å². The maximum atomic E-state index is 7.38. The molecule has 14 heavy (non-hydrogen) atoms. The molecular weight excluding hydrogens is 205 g/mol. The summed E-state index contributed by atoms with van der Waals surface area (Å²) in [6.07, 6.45) is 0. The van der Waals surface area contributed by atoms with Crippen LogP contribution in [0, 0.1) is 15.5 Å². The van der Waals surface area contributed by atoms with Crippen molar-refractivity contribution >= 4 is 50.9 Å². The van der Waals surface area contributed by atoms with Crippen LogP contribution in [0.3, 0.4) is 0 Å². The van der Waals surface area contributed by atoms with Crippen molar-refractivity contribution in [3.8, 4) is 3.32 Å². The van der Waals surface area contributed by atoms with Crippen molar-refractivity contribution in [2.24, 2.45) is 5.73 Å². The predicted octanol–water partition coefficient (Wildman–Crippen LogP) is 1.29. The van der Waals surface area contributed by atoms with E-state index < -0.39 is 0 Å². The van der Waals surface area contributed by atoms with Crippen molar-refractivity contribution < 1.29 is 0 Å². The third-order valence-corrected chi connectivity index (χ3v) is 1.42. The fourth-order valence-electron chi connectivity index (χ4n) is 0.779. The average Bonchev–Trinajstić information content (AvgIpc) is 2.09. The quantitative estimate of drug-likeness (QED) is 0.547. The SMILES string of the molecule is Cc1ccc(NC(N)=S)cc1.N#[C][Na]. The number of benzene rings is 1. The summed E-state index contributed by atoms with van der Waals surface area (Å²) in [6, 6.07) is 7.88. The zero-order chi connectivity index (χ0) is 11.0. The van der Waals surface area contributed by atoms with Crippen molar-refractivity contribution in [3.63, 3.8) is 0 Å². The summed E-state index contributed by atoms with van der Waals surface area (Å²) in [4.78, 5) is 0. The molecule has 1 aromatic carbocycles. The number of thiocarbonyl (C=S) groups is 1. The van der Waals surface area contributed by atoms with E-state index in [1.807, 2.05) is 34.5 Å². The molecule has 0 saturated heterocycles. The van der Waals surface area contributed by atoms with Crippen molar-refractivity contribution in [2.75, 3.05) is 5.32 Å². The molecule has 0 aliphatic carbocycles. The van der Waals surface area contributed by atoms with Crippen molar-refractivity contribution in [2.45, 2.75) is 6.92 Å². The molecule has 0 aromatic heterocycles. The van der Waals surface area contributed by atoms with Gasteiger partial charge in [0, 0.05) is 5.69 Å². The van der Waals surface area contributed by atoms with Gasteiger partial charge in [-0.2, -0.15) is 0 Å². The van der Waals surface area contributed by atoms with E-state index in [9.17, 15) is 0 Å². The van der Waals surface area contributed by atoms with Crippen LogP contribution in [0.25, 0.3) is 0 Å². The Morgan fingerprint density at radius 1 is 1.50 bits per heavy atom. The number of hydrogen-bond acceptors (Lipinski definition) is 2. The summed E-state index contributed by atoms with van der Waals surface area (Å²) in [7, 11) is 0. The first-order chi connectivity index (χ1) is 6.60. The Bertz CT molecular complexity index is 329. The first-order valence-electron chi connectivity index (χ1n) is 4.04. The van der Waals surface area contributed by atoms with Gasteiger partial charge in [0.15, 0.2) is 5.11 Å². The molecule has 0 fully saturated rings. The Kier molecular flexibility index (Phi) is 7.44. The van der Waals surface area contributed by atoms with Crippen LogP contribution >= 0.6 is 12.2 Å². The molecule has 0 amide bonds. The summed E-state index contributed by atoms with van der Waals surface area (Å²) in [6.45, 7) is 2.03. The molecule has 3 nitrogen and oxygen atoms in total. The second-order valence-corrected chi connectivity index (χ2v) is 3.47. The van der Waals surface area contributed by atoms with Gasteiger partial charge >= 0.3 is 36.5 Å². The number of anilines is 1. The Morgan fingerprint density at radius 3 is 2.29 bits per heavy atom. The third-order valence-electron chi connectivity index (χ3n) is 1.32. The van der Waals surface area contributed by atoms with Gasteiger partial charge in [0.25, 0.3) is 0 Å². The molecule has 0 radical (unpaired) electrons. The molecule has 0 aliphatic heterocycles. The van der Waals surface area contributed by atoms with Gasteiger partial charge in [0.05, 0.1) is 0 Å². The fourth-order valence-corrected chi connectivity index (χ4v) is 0.897. The predicted molar refractivity (Wildman–Crippen MR) is 63.0 cm³/mol. The molecule has 0 saturated carbocycles. The molecule has 5 heteroatoms. The van der Waals surface area contributed by atoms with Gasteiger partial charge in [-0.15, -0.1) is 0 Å². The molecule has 0 bridgehead atoms. The summed E-state index contributed by atoms with van der Waals surface area (Å²) in [5.41, 5.74) is 7.44. The summed E-state index contributed by atoms with van der Waals surface area (Å²) >= 11 is 5.35. The fraction of sp³-hybridized carbons (Fsp3) is 0.111. The normalized spacial score (nSPS) is 7.86. The van der Waals surface area contributed by atoms with Gasteiger partial charge in [-0.05, 0) is 31.3 Å². The van der Waals surface area contributed by atoms with Crippen molar-refractivity contribution in [1.29, 1.82) is 5.26 Å². The molecule has 0 atom stereocenters. The first kappa shape index (κ1) is 13.4. The van der Waals surface area contributed by atoms with Crippen LogP contribution in [0.5, 0.6) is 0 Å². The number of nitrogens with zero attached hydrogens (tertiary/aromatic N) is 1. The van der Waals surface area contributed by atoms with Crippen LogP contribution in [0.2, 0.25) is 0 Å². The van der Waals surface area contributed by atoms with Crippen LogP contribution in [-0.2, 0) is 0 Å². The number of rotatable bonds is 1. The summed E-state index contributed by atoms with van der Waals surface area (Å²) < 4.78 is 1.89. The van der Waals surface area contributed by atoms with E-state index in [0.29, 0.717) is 33.0 Å². The molecule has 3 N–H and O–H groups in total. The molecule has 0 unspecified atom stereocenters.